The second-order valence-corrected chi connectivity index (χ2v) is 8.11. The molecule has 0 radical (unpaired) electrons. The first-order chi connectivity index (χ1) is 8.81. The summed E-state index contributed by atoms with van der Waals surface area (Å²) in [4.78, 5) is 1.35. The molecule has 1 aromatic rings. The summed E-state index contributed by atoms with van der Waals surface area (Å²) < 4.78 is 1.22. The van der Waals surface area contributed by atoms with Gasteiger partial charge >= 0.3 is 0 Å². The van der Waals surface area contributed by atoms with Gasteiger partial charge < -0.3 is 5.32 Å². The van der Waals surface area contributed by atoms with Gasteiger partial charge in [0, 0.05) is 27.2 Å². The molecular weight excluding hydrogens is 318 g/mol. The van der Waals surface area contributed by atoms with E-state index in [4.69, 9.17) is 0 Å². The highest BCUT2D eigenvalue weighted by molar-refractivity contribution is 9.10. The van der Waals surface area contributed by atoms with E-state index < -0.39 is 0 Å². The van der Waals surface area contributed by atoms with E-state index in [9.17, 15) is 0 Å². The molecule has 1 rings (SSSR count). The first-order valence-electron chi connectivity index (χ1n) is 6.98. The van der Waals surface area contributed by atoms with Crippen molar-refractivity contribution in [2.45, 2.75) is 58.0 Å². The molecule has 0 saturated heterocycles. The third-order valence-electron chi connectivity index (χ3n) is 3.04. The Bertz CT molecular complexity index is 398. The number of halogens is 1. The Kier molecular flexibility index (Phi) is 6.92. The lowest BCUT2D eigenvalue weighted by Gasteiger charge is -2.20. The van der Waals surface area contributed by atoms with Crippen LogP contribution >= 0.6 is 27.7 Å². The van der Waals surface area contributed by atoms with E-state index in [1.54, 1.807) is 0 Å². The quantitative estimate of drug-likeness (QED) is 0.686. The minimum atomic E-state index is 0.163. The Labute approximate surface area is 131 Å². The van der Waals surface area contributed by atoms with Crippen LogP contribution < -0.4 is 5.32 Å². The third-order valence-corrected chi connectivity index (χ3v) is 5.36. The van der Waals surface area contributed by atoms with Crippen molar-refractivity contribution >= 4 is 27.7 Å². The fourth-order valence-electron chi connectivity index (χ4n) is 1.49. The first-order valence-corrected chi connectivity index (χ1v) is 8.76. The molecule has 0 heterocycles. The van der Waals surface area contributed by atoms with Crippen molar-refractivity contribution in [3.63, 3.8) is 0 Å². The first kappa shape index (κ1) is 17.1. The van der Waals surface area contributed by atoms with Crippen LogP contribution in [0.25, 0.3) is 0 Å². The zero-order valence-corrected chi connectivity index (χ0v) is 15.1. The zero-order chi connectivity index (χ0) is 14.5. The van der Waals surface area contributed by atoms with Crippen molar-refractivity contribution < 1.29 is 0 Å². The molecule has 0 aliphatic rings. The van der Waals surface area contributed by atoms with Gasteiger partial charge in [0.25, 0.3) is 0 Å². The molecule has 1 aromatic carbocycles. The van der Waals surface area contributed by atoms with Crippen molar-refractivity contribution in [1.82, 2.24) is 5.32 Å². The Balaban J connectivity index is 2.59. The number of nitrogens with one attached hydrogen (secondary N) is 1. The van der Waals surface area contributed by atoms with E-state index in [1.807, 2.05) is 11.8 Å². The van der Waals surface area contributed by atoms with Gasteiger partial charge in [0.05, 0.1) is 0 Å². The predicted octanol–water partition coefficient (Wildman–Crippen LogP) is 5.48. The predicted molar refractivity (Wildman–Crippen MR) is 90.9 cm³/mol. The van der Waals surface area contributed by atoms with Gasteiger partial charge in [-0.15, -0.1) is 11.8 Å². The maximum atomic E-state index is 3.69. The van der Waals surface area contributed by atoms with E-state index in [0.717, 1.165) is 12.5 Å². The Hall–Kier alpha value is 0.01000. The van der Waals surface area contributed by atoms with Crippen molar-refractivity contribution in [3.05, 3.63) is 28.2 Å². The molecule has 1 N–H and O–H groups in total. The smallest absolute Gasteiger partial charge is 0.0314 e. The maximum Gasteiger partial charge on any atom is 0.0314 e. The minimum absolute atomic E-state index is 0.163. The Morgan fingerprint density at radius 3 is 2.53 bits per heavy atom. The van der Waals surface area contributed by atoms with Crippen LogP contribution in [0.15, 0.2) is 27.6 Å². The average molecular weight is 344 g/mol. The molecule has 0 amide bonds. The van der Waals surface area contributed by atoms with Gasteiger partial charge in [-0.05, 0) is 60.3 Å². The van der Waals surface area contributed by atoms with Crippen LogP contribution in [0.1, 0.15) is 46.6 Å². The second kappa shape index (κ2) is 7.70. The van der Waals surface area contributed by atoms with Crippen LogP contribution in [-0.4, -0.2) is 11.3 Å². The van der Waals surface area contributed by atoms with Crippen molar-refractivity contribution in [2.24, 2.45) is 5.92 Å². The number of benzene rings is 1. The molecule has 3 heteroatoms. The molecule has 0 spiro atoms. The number of thioether (sulfide) groups is 1. The fraction of sp³-hybridized carbons (Fsp3) is 0.625. The lowest BCUT2D eigenvalue weighted by atomic mass is 10.1. The van der Waals surface area contributed by atoms with Crippen LogP contribution in [-0.2, 0) is 6.54 Å². The van der Waals surface area contributed by atoms with Crippen LogP contribution in [0, 0.1) is 5.92 Å². The van der Waals surface area contributed by atoms with Gasteiger partial charge in [-0.1, -0.05) is 26.3 Å². The van der Waals surface area contributed by atoms with E-state index in [2.05, 4.69) is 74.1 Å². The van der Waals surface area contributed by atoms with Gasteiger partial charge in [-0.2, -0.15) is 0 Å². The molecule has 1 unspecified atom stereocenters. The summed E-state index contributed by atoms with van der Waals surface area (Å²) in [6.07, 6.45) is 1.25. The van der Waals surface area contributed by atoms with Crippen molar-refractivity contribution in [2.75, 3.05) is 5.75 Å². The van der Waals surface area contributed by atoms with Gasteiger partial charge in [-0.25, -0.2) is 0 Å². The summed E-state index contributed by atoms with van der Waals surface area (Å²) in [5.41, 5.74) is 1.49. The van der Waals surface area contributed by atoms with Gasteiger partial charge in [0.15, 0.2) is 0 Å². The molecule has 1 atom stereocenters. The maximum absolute atomic E-state index is 3.69. The number of hydrogen-bond acceptors (Lipinski definition) is 2. The molecule has 0 bridgehead atoms. The topological polar surface area (TPSA) is 12.0 Å². The summed E-state index contributed by atoms with van der Waals surface area (Å²) >= 11 is 5.64. The summed E-state index contributed by atoms with van der Waals surface area (Å²) in [6.45, 7) is 12.1. The molecular formula is C16H26BrNS. The molecule has 108 valence electrons. The number of hydrogen-bond donors (Lipinski definition) is 1. The lowest BCUT2D eigenvalue weighted by molar-refractivity contribution is 0.424. The van der Waals surface area contributed by atoms with Crippen LogP contribution in [0.3, 0.4) is 0 Å². The molecule has 0 saturated carbocycles. The van der Waals surface area contributed by atoms with E-state index in [-0.39, 0.29) is 5.54 Å². The lowest BCUT2D eigenvalue weighted by Crippen LogP contribution is -2.35. The van der Waals surface area contributed by atoms with Crippen LogP contribution in [0.2, 0.25) is 0 Å². The molecule has 0 fully saturated rings. The highest BCUT2D eigenvalue weighted by Crippen LogP contribution is 2.30. The summed E-state index contributed by atoms with van der Waals surface area (Å²) in [6, 6.07) is 6.69. The van der Waals surface area contributed by atoms with Crippen molar-refractivity contribution in [3.8, 4) is 0 Å². The zero-order valence-electron chi connectivity index (χ0n) is 12.7. The standard InChI is InChI=1S/C16H26BrNS/c1-6-12(2)11-19-15-8-7-13(9-14(15)17)10-18-16(3,4)5/h7-9,12,18H,6,10-11H2,1-5H3. The largest absolute Gasteiger partial charge is 0.308 e. The van der Waals surface area contributed by atoms with Crippen LogP contribution in [0.4, 0.5) is 0 Å². The van der Waals surface area contributed by atoms with E-state index in [0.29, 0.717) is 0 Å². The summed E-state index contributed by atoms with van der Waals surface area (Å²) in [5, 5.41) is 3.52. The van der Waals surface area contributed by atoms with E-state index >= 15 is 0 Å². The fourth-order valence-corrected chi connectivity index (χ4v) is 3.32. The van der Waals surface area contributed by atoms with Crippen molar-refractivity contribution in [1.29, 1.82) is 0 Å². The molecule has 19 heavy (non-hydrogen) atoms. The highest BCUT2D eigenvalue weighted by Gasteiger charge is 2.09. The third kappa shape index (κ3) is 6.82. The Morgan fingerprint density at radius 1 is 1.32 bits per heavy atom. The second-order valence-electron chi connectivity index (χ2n) is 6.19. The van der Waals surface area contributed by atoms with Gasteiger partial charge in [0.2, 0.25) is 0 Å². The summed E-state index contributed by atoms with van der Waals surface area (Å²) in [7, 11) is 0. The molecule has 1 nitrogen and oxygen atoms in total. The highest BCUT2D eigenvalue weighted by atomic mass is 79.9. The SMILES string of the molecule is CCC(C)CSc1ccc(CNC(C)(C)C)cc1Br. The monoisotopic (exact) mass is 343 g/mol. The molecule has 0 aliphatic heterocycles. The molecule has 0 aromatic heterocycles. The van der Waals surface area contributed by atoms with Gasteiger partial charge in [-0.3, -0.25) is 0 Å². The Morgan fingerprint density at radius 2 is 2.00 bits per heavy atom. The van der Waals surface area contributed by atoms with E-state index in [1.165, 1.54) is 27.1 Å². The number of rotatable bonds is 6. The minimum Gasteiger partial charge on any atom is -0.308 e. The summed E-state index contributed by atoms with van der Waals surface area (Å²) in [5.74, 6) is 1.97. The normalized spacial score (nSPS) is 13.6. The van der Waals surface area contributed by atoms with Crippen LogP contribution in [0.5, 0.6) is 0 Å². The average Bonchev–Trinajstić information content (AvgIpc) is 2.34. The molecule has 0 aliphatic carbocycles. The van der Waals surface area contributed by atoms with Gasteiger partial charge in [0.1, 0.15) is 0 Å².